The van der Waals surface area contributed by atoms with Crippen LogP contribution >= 0.6 is 11.8 Å². The topological polar surface area (TPSA) is 116 Å². The number of aromatic nitrogens is 2. The van der Waals surface area contributed by atoms with Gasteiger partial charge < -0.3 is 10.5 Å². The number of nitrogens with one attached hydrogen (secondary N) is 1. The minimum absolute atomic E-state index is 0.127. The number of amides is 3. The highest BCUT2D eigenvalue weighted by atomic mass is 32.2. The zero-order chi connectivity index (χ0) is 19.4. The second kappa shape index (κ2) is 7.92. The van der Waals surface area contributed by atoms with Crippen LogP contribution in [0.25, 0.3) is 16.6 Å². The molecule has 0 unspecified atom stereocenters. The second-order valence-corrected chi connectivity index (χ2v) is 6.40. The van der Waals surface area contributed by atoms with Gasteiger partial charge in [0.2, 0.25) is 5.91 Å². The lowest BCUT2D eigenvalue weighted by Gasteiger charge is -2.13. The molecule has 3 amide bonds. The first-order valence-corrected chi connectivity index (χ1v) is 8.86. The Labute approximate surface area is 158 Å². The Bertz CT molecular complexity index is 1080. The van der Waals surface area contributed by atoms with E-state index in [0.717, 1.165) is 11.8 Å². The molecule has 3 aromatic rings. The highest BCUT2D eigenvalue weighted by Gasteiger charge is 2.15. The van der Waals surface area contributed by atoms with Crippen LogP contribution in [0.3, 0.4) is 0 Å². The maximum atomic E-state index is 13.1. The Morgan fingerprint density at radius 1 is 1.22 bits per heavy atom. The Hall–Kier alpha value is -3.33. The number of thioether (sulfide) groups is 1. The fourth-order valence-corrected chi connectivity index (χ4v) is 3.30. The van der Waals surface area contributed by atoms with Crippen molar-refractivity contribution in [1.82, 2.24) is 14.9 Å². The van der Waals surface area contributed by atoms with Gasteiger partial charge >= 0.3 is 6.03 Å². The Balaban J connectivity index is 2.11. The van der Waals surface area contributed by atoms with Crippen molar-refractivity contribution < 1.29 is 14.3 Å². The van der Waals surface area contributed by atoms with Crippen molar-refractivity contribution in [3.05, 3.63) is 58.9 Å². The molecule has 3 rings (SSSR count). The predicted octanol–water partition coefficient (Wildman–Crippen LogP) is 1.68. The van der Waals surface area contributed by atoms with Crippen LogP contribution in [0.5, 0.6) is 5.75 Å². The first-order valence-electron chi connectivity index (χ1n) is 7.88. The Kier molecular flexibility index (Phi) is 5.41. The normalized spacial score (nSPS) is 10.6. The lowest BCUT2D eigenvalue weighted by Crippen LogP contribution is -2.36. The first kappa shape index (κ1) is 18.5. The SMILES string of the molecule is COc1cccc(-n2c(SCC(=O)NC(N)=O)nc3ccccc3c2=O)c1. The van der Waals surface area contributed by atoms with E-state index in [4.69, 9.17) is 10.5 Å². The standard InChI is InChI=1S/C18H16N4O4S/c1-26-12-6-4-5-11(9-12)22-16(24)13-7-2-3-8-14(13)20-18(22)27-10-15(23)21-17(19)25/h2-9H,10H2,1H3,(H3,19,21,23,25). The average molecular weight is 384 g/mol. The van der Waals surface area contributed by atoms with Crippen molar-refractivity contribution in [2.45, 2.75) is 5.16 Å². The molecule has 9 heteroatoms. The summed E-state index contributed by atoms with van der Waals surface area (Å²) in [6.07, 6.45) is 0. The van der Waals surface area contributed by atoms with Gasteiger partial charge in [-0.25, -0.2) is 9.78 Å². The van der Waals surface area contributed by atoms with Crippen LogP contribution in [0.15, 0.2) is 58.5 Å². The Morgan fingerprint density at radius 2 is 2.00 bits per heavy atom. The molecule has 1 heterocycles. The average Bonchev–Trinajstić information content (AvgIpc) is 2.66. The molecule has 0 aliphatic heterocycles. The van der Waals surface area contributed by atoms with Gasteiger partial charge in [0.25, 0.3) is 5.56 Å². The van der Waals surface area contributed by atoms with E-state index in [0.29, 0.717) is 27.5 Å². The van der Waals surface area contributed by atoms with Gasteiger partial charge in [-0.2, -0.15) is 0 Å². The third-order valence-electron chi connectivity index (χ3n) is 3.65. The van der Waals surface area contributed by atoms with Crippen LogP contribution in [0.4, 0.5) is 4.79 Å². The van der Waals surface area contributed by atoms with Crippen LogP contribution in [-0.4, -0.2) is 34.4 Å². The zero-order valence-electron chi connectivity index (χ0n) is 14.3. The molecule has 0 aliphatic rings. The number of hydrogen-bond acceptors (Lipinski definition) is 6. The number of hydrogen-bond donors (Lipinski definition) is 2. The van der Waals surface area contributed by atoms with Gasteiger partial charge in [-0.15, -0.1) is 0 Å². The molecular formula is C18H16N4O4S. The van der Waals surface area contributed by atoms with Crippen LogP contribution in [-0.2, 0) is 4.79 Å². The van der Waals surface area contributed by atoms with Gasteiger partial charge in [0.15, 0.2) is 5.16 Å². The number of para-hydroxylation sites is 1. The van der Waals surface area contributed by atoms with Crippen molar-refractivity contribution in [3.63, 3.8) is 0 Å². The monoisotopic (exact) mass is 384 g/mol. The molecule has 0 saturated carbocycles. The molecule has 1 aromatic heterocycles. The summed E-state index contributed by atoms with van der Waals surface area (Å²) in [5, 5.41) is 2.75. The van der Waals surface area contributed by atoms with Gasteiger partial charge in [-0.05, 0) is 24.3 Å². The summed E-state index contributed by atoms with van der Waals surface area (Å²) in [7, 11) is 1.53. The number of fused-ring (bicyclic) bond motifs is 1. The zero-order valence-corrected chi connectivity index (χ0v) is 15.2. The number of benzene rings is 2. The fraction of sp³-hybridized carbons (Fsp3) is 0.111. The number of nitrogens with two attached hydrogens (primary N) is 1. The van der Waals surface area contributed by atoms with Crippen LogP contribution in [0.1, 0.15) is 0 Å². The van der Waals surface area contributed by atoms with Crippen LogP contribution in [0, 0.1) is 0 Å². The van der Waals surface area contributed by atoms with Gasteiger partial charge in [-0.3, -0.25) is 19.5 Å². The van der Waals surface area contributed by atoms with Crippen molar-refractivity contribution in [2.75, 3.05) is 12.9 Å². The Morgan fingerprint density at radius 3 is 2.74 bits per heavy atom. The number of nitrogens with zero attached hydrogens (tertiary/aromatic N) is 2. The van der Waals surface area contributed by atoms with E-state index in [1.54, 1.807) is 48.5 Å². The van der Waals surface area contributed by atoms with Gasteiger partial charge in [0.05, 0.1) is 29.5 Å². The number of carbonyl (C=O) groups is 2. The summed E-state index contributed by atoms with van der Waals surface area (Å²) in [4.78, 5) is 40.1. The quantitative estimate of drug-likeness (QED) is 0.511. The van der Waals surface area contributed by atoms with E-state index >= 15 is 0 Å². The van der Waals surface area contributed by atoms with E-state index in [1.807, 2.05) is 5.32 Å². The molecule has 0 saturated heterocycles. The maximum Gasteiger partial charge on any atom is 0.318 e. The van der Waals surface area contributed by atoms with Crippen molar-refractivity contribution >= 4 is 34.6 Å². The van der Waals surface area contributed by atoms with Crippen LogP contribution in [0.2, 0.25) is 0 Å². The molecule has 0 aliphatic carbocycles. The van der Waals surface area contributed by atoms with E-state index < -0.39 is 11.9 Å². The molecule has 3 N–H and O–H groups in total. The van der Waals surface area contributed by atoms with Gasteiger partial charge in [0, 0.05) is 6.07 Å². The molecular weight excluding hydrogens is 368 g/mol. The van der Waals surface area contributed by atoms with Gasteiger partial charge in [-0.1, -0.05) is 30.0 Å². The lowest BCUT2D eigenvalue weighted by molar-refractivity contribution is -0.117. The minimum atomic E-state index is -0.933. The highest BCUT2D eigenvalue weighted by Crippen LogP contribution is 2.23. The van der Waals surface area contributed by atoms with E-state index in [2.05, 4.69) is 4.98 Å². The molecule has 2 aromatic carbocycles. The highest BCUT2D eigenvalue weighted by molar-refractivity contribution is 7.99. The number of carbonyl (C=O) groups excluding carboxylic acids is 2. The van der Waals surface area contributed by atoms with Gasteiger partial charge in [0.1, 0.15) is 5.75 Å². The third-order valence-corrected chi connectivity index (χ3v) is 4.59. The summed E-state index contributed by atoms with van der Waals surface area (Å²) in [6.45, 7) is 0. The molecule has 0 bridgehead atoms. The fourth-order valence-electron chi connectivity index (χ4n) is 2.49. The number of primary amides is 1. The van der Waals surface area contributed by atoms with E-state index in [-0.39, 0.29) is 11.3 Å². The number of ether oxygens (including phenoxy) is 1. The van der Waals surface area contributed by atoms with E-state index in [9.17, 15) is 14.4 Å². The molecule has 0 atom stereocenters. The number of rotatable bonds is 5. The summed E-state index contributed by atoms with van der Waals surface area (Å²) in [5.74, 6) is -0.125. The smallest absolute Gasteiger partial charge is 0.318 e. The predicted molar refractivity (Wildman–Crippen MR) is 102 cm³/mol. The molecule has 27 heavy (non-hydrogen) atoms. The van der Waals surface area contributed by atoms with Crippen molar-refractivity contribution in [1.29, 1.82) is 0 Å². The number of urea groups is 1. The molecule has 0 radical (unpaired) electrons. The summed E-state index contributed by atoms with van der Waals surface area (Å²) in [5.41, 5.74) is 5.74. The summed E-state index contributed by atoms with van der Waals surface area (Å²) < 4.78 is 6.64. The second-order valence-electron chi connectivity index (χ2n) is 5.45. The number of methoxy groups -OCH3 is 1. The largest absolute Gasteiger partial charge is 0.497 e. The minimum Gasteiger partial charge on any atom is -0.497 e. The number of imide groups is 1. The van der Waals surface area contributed by atoms with Crippen molar-refractivity contribution in [2.24, 2.45) is 5.73 Å². The summed E-state index contributed by atoms with van der Waals surface area (Å²) in [6, 6.07) is 13.0. The van der Waals surface area contributed by atoms with Crippen LogP contribution < -0.4 is 21.3 Å². The molecule has 0 spiro atoms. The maximum absolute atomic E-state index is 13.1. The molecule has 138 valence electrons. The summed E-state index contributed by atoms with van der Waals surface area (Å²) >= 11 is 1.03. The molecule has 0 fully saturated rings. The third kappa shape index (κ3) is 4.09. The first-order chi connectivity index (χ1) is 13.0. The van der Waals surface area contributed by atoms with Crippen molar-refractivity contribution in [3.8, 4) is 11.4 Å². The van der Waals surface area contributed by atoms with E-state index in [1.165, 1.54) is 11.7 Å². The lowest BCUT2D eigenvalue weighted by atomic mass is 10.2. The molecule has 8 nitrogen and oxygen atoms in total.